The average Bonchev–Trinajstić information content (AvgIpc) is 2.99. The van der Waals surface area contributed by atoms with Gasteiger partial charge < -0.3 is 4.90 Å². The van der Waals surface area contributed by atoms with Gasteiger partial charge in [-0.3, -0.25) is 0 Å². The van der Waals surface area contributed by atoms with Gasteiger partial charge in [-0.1, -0.05) is 38.1 Å². The van der Waals surface area contributed by atoms with E-state index in [0.717, 1.165) is 37.3 Å². The lowest BCUT2D eigenvalue weighted by atomic mass is 10.0. The molecule has 0 amide bonds. The molecule has 6 heteroatoms. The standard InChI is InChI=1S/C22H29F4NS/c1-3-4-14-28-15-13-27-17(2)9-11-19(27)8-6-5-7-18-10-12-21(23)20(16-18)22(24,25)26/h6,8,10,12,16,19H,2-5,7,9,11,13-15H2,1H3/b8-6+. The van der Waals surface area contributed by atoms with Crippen LogP contribution in [0.4, 0.5) is 17.6 Å². The monoisotopic (exact) mass is 415 g/mol. The van der Waals surface area contributed by atoms with Crippen molar-refractivity contribution in [3.63, 3.8) is 0 Å². The van der Waals surface area contributed by atoms with Crippen molar-refractivity contribution >= 4 is 11.8 Å². The Morgan fingerprint density at radius 1 is 1.29 bits per heavy atom. The van der Waals surface area contributed by atoms with Crippen LogP contribution in [0.1, 0.15) is 50.2 Å². The van der Waals surface area contributed by atoms with E-state index in [9.17, 15) is 17.6 Å². The Kier molecular flexibility index (Phi) is 8.93. The van der Waals surface area contributed by atoms with Gasteiger partial charge >= 0.3 is 6.18 Å². The number of thioether (sulfide) groups is 1. The first kappa shape index (κ1) is 22.9. The van der Waals surface area contributed by atoms with E-state index < -0.39 is 17.6 Å². The van der Waals surface area contributed by atoms with Gasteiger partial charge in [-0.05, 0) is 55.6 Å². The molecule has 1 unspecified atom stereocenters. The molecule has 0 N–H and O–H groups in total. The molecule has 1 nitrogen and oxygen atoms in total. The smallest absolute Gasteiger partial charge is 0.368 e. The SMILES string of the molecule is C=C1CCC(/C=C/CCc2ccc(F)c(C(F)(F)F)c2)N1CCSCCCC. The molecule has 0 radical (unpaired) electrons. The van der Waals surface area contributed by atoms with E-state index in [4.69, 9.17) is 0 Å². The topological polar surface area (TPSA) is 3.24 Å². The van der Waals surface area contributed by atoms with Crippen molar-refractivity contribution in [1.82, 2.24) is 4.90 Å². The highest BCUT2D eigenvalue weighted by molar-refractivity contribution is 7.99. The molecule has 1 fully saturated rings. The number of hydrogen-bond donors (Lipinski definition) is 0. The number of aryl methyl sites for hydroxylation is 1. The average molecular weight is 416 g/mol. The zero-order chi connectivity index (χ0) is 20.6. The van der Waals surface area contributed by atoms with Crippen LogP contribution in [0.3, 0.4) is 0 Å². The van der Waals surface area contributed by atoms with E-state index >= 15 is 0 Å². The summed E-state index contributed by atoms with van der Waals surface area (Å²) in [6, 6.07) is 3.56. The molecule has 1 aromatic carbocycles. The van der Waals surface area contributed by atoms with Crippen LogP contribution in [0.2, 0.25) is 0 Å². The number of rotatable bonds is 10. The summed E-state index contributed by atoms with van der Waals surface area (Å²) >= 11 is 1.97. The summed E-state index contributed by atoms with van der Waals surface area (Å²) in [7, 11) is 0. The Hall–Kier alpha value is -1.43. The van der Waals surface area contributed by atoms with E-state index in [1.807, 2.05) is 17.8 Å². The molecule has 1 aliphatic rings. The van der Waals surface area contributed by atoms with Gasteiger partial charge in [0.2, 0.25) is 0 Å². The minimum atomic E-state index is -4.66. The number of halogens is 4. The predicted octanol–water partition coefficient (Wildman–Crippen LogP) is 6.84. The fourth-order valence-corrected chi connectivity index (χ4v) is 4.36. The number of alkyl halides is 3. The molecule has 0 aromatic heterocycles. The molecular weight excluding hydrogens is 386 g/mol. The van der Waals surface area contributed by atoms with E-state index in [-0.39, 0.29) is 0 Å². The quantitative estimate of drug-likeness (QED) is 0.234. The lowest BCUT2D eigenvalue weighted by molar-refractivity contribution is -0.140. The molecule has 0 spiro atoms. The Bertz CT molecular complexity index is 669. The third kappa shape index (κ3) is 6.87. The van der Waals surface area contributed by atoms with Crippen LogP contribution >= 0.6 is 11.8 Å². The second-order valence-electron chi connectivity index (χ2n) is 7.11. The fourth-order valence-electron chi connectivity index (χ4n) is 3.33. The third-order valence-electron chi connectivity index (χ3n) is 4.95. The molecule has 1 aliphatic heterocycles. The molecule has 0 saturated carbocycles. The van der Waals surface area contributed by atoms with Crippen molar-refractivity contribution in [2.75, 3.05) is 18.1 Å². The Labute approximate surface area is 169 Å². The minimum absolute atomic E-state index is 0.318. The van der Waals surface area contributed by atoms with Crippen molar-refractivity contribution in [2.45, 2.75) is 57.7 Å². The van der Waals surface area contributed by atoms with Gasteiger partial charge in [0.15, 0.2) is 0 Å². The van der Waals surface area contributed by atoms with Gasteiger partial charge in [0.1, 0.15) is 5.82 Å². The van der Waals surface area contributed by atoms with E-state index in [0.29, 0.717) is 24.4 Å². The van der Waals surface area contributed by atoms with Gasteiger partial charge in [-0.15, -0.1) is 0 Å². The van der Waals surface area contributed by atoms with E-state index in [2.05, 4.69) is 24.5 Å². The summed E-state index contributed by atoms with van der Waals surface area (Å²) in [5.74, 6) is 1.05. The van der Waals surface area contributed by atoms with Crippen LogP contribution in [0.15, 0.2) is 42.6 Å². The lowest BCUT2D eigenvalue weighted by Crippen LogP contribution is -2.28. The Morgan fingerprint density at radius 2 is 2.07 bits per heavy atom. The van der Waals surface area contributed by atoms with Crippen molar-refractivity contribution in [1.29, 1.82) is 0 Å². The molecule has 28 heavy (non-hydrogen) atoms. The van der Waals surface area contributed by atoms with Gasteiger partial charge in [-0.25, -0.2) is 4.39 Å². The second kappa shape index (κ2) is 10.9. The van der Waals surface area contributed by atoms with Crippen LogP contribution in [0.25, 0.3) is 0 Å². The maximum Gasteiger partial charge on any atom is 0.419 e. The number of benzene rings is 1. The summed E-state index contributed by atoms with van der Waals surface area (Å²) in [5.41, 5.74) is 0.477. The number of hydrogen-bond acceptors (Lipinski definition) is 2. The van der Waals surface area contributed by atoms with Gasteiger partial charge in [0.05, 0.1) is 5.56 Å². The maximum absolute atomic E-state index is 13.4. The summed E-state index contributed by atoms with van der Waals surface area (Å²) in [5, 5.41) is 0. The van der Waals surface area contributed by atoms with Gasteiger partial charge in [0, 0.05) is 24.0 Å². The van der Waals surface area contributed by atoms with Crippen LogP contribution < -0.4 is 0 Å². The number of likely N-dealkylation sites (tertiary alicyclic amines) is 1. The molecule has 1 atom stereocenters. The summed E-state index contributed by atoms with van der Waals surface area (Å²) in [6.07, 6.45) is 5.08. The molecule has 156 valence electrons. The fraction of sp³-hybridized carbons (Fsp3) is 0.545. The van der Waals surface area contributed by atoms with Gasteiger partial charge in [-0.2, -0.15) is 24.9 Å². The van der Waals surface area contributed by atoms with Crippen LogP contribution in [-0.2, 0) is 12.6 Å². The number of nitrogens with zero attached hydrogens (tertiary/aromatic N) is 1. The molecule has 0 bridgehead atoms. The van der Waals surface area contributed by atoms with Crippen LogP contribution in [0, 0.1) is 5.82 Å². The zero-order valence-electron chi connectivity index (χ0n) is 16.4. The predicted molar refractivity (Wildman–Crippen MR) is 110 cm³/mol. The molecule has 1 aromatic rings. The second-order valence-corrected chi connectivity index (χ2v) is 8.34. The number of allylic oxidation sites excluding steroid dienone is 2. The first-order valence-electron chi connectivity index (χ1n) is 9.87. The molecular formula is C22H29F4NS. The highest BCUT2D eigenvalue weighted by Crippen LogP contribution is 2.32. The first-order chi connectivity index (χ1) is 13.3. The molecule has 2 rings (SSSR count). The summed E-state index contributed by atoms with van der Waals surface area (Å²) < 4.78 is 51.8. The largest absolute Gasteiger partial charge is 0.419 e. The maximum atomic E-state index is 13.4. The minimum Gasteiger partial charge on any atom is -0.368 e. The Balaban J connectivity index is 1.84. The Morgan fingerprint density at radius 3 is 2.79 bits per heavy atom. The zero-order valence-corrected chi connectivity index (χ0v) is 17.2. The lowest BCUT2D eigenvalue weighted by Gasteiger charge is -2.25. The number of unbranched alkanes of at least 4 members (excludes halogenated alkanes) is 1. The highest BCUT2D eigenvalue weighted by atomic mass is 32.2. The first-order valence-corrected chi connectivity index (χ1v) is 11.0. The highest BCUT2D eigenvalue weighted by Gasteiger charge is 2.34. The molecule has 1 saturated heterocycles. The molecule has 1 heterocycles. The van der Waals surface area contributed by atoms with E-state index in [1.54, 1.807) is 0 Å². The van der Waals surface area contributed by atoms with Crippen LogP contribution in [0.5, 0.6) is 0 Å². The van der Waals surface area contributed by atoms with Crippen molar-refractivity contribution < 1.29 is 17.6 Å². The van der Waals surface area contributed by atoms with E-state index in [1.165, 1.54) is 30.4 Å². The van der Waals surface area contributed by atoms with Crippen molar-refractivity contribution in [3.05, 3.63) is 59.6 Å². The van der Waals surface area contributed by atoms with Crippen LogP contribution in [-0.4, -0.2) is 29.0 Å². The van der Waals surface area contributed by atoms with Crippen molar-refractivity contribution in [2.24, 2.45) is 0 Å². The normalized spacial score (nSPS) is 17.8. The summed E-state index contributed by atoms with van der Waals surface area (Å²) in [4.78, 5) is 2.34. The third-order valence-corrected chi connectivity index (χ3v) is 6.00. The summed E-state index contributed by atoms with van der Waals surface area (Å²) in [6.45, 7) is 7.33. The van der Waals surface area contributed by atoms with Crippen molar-refractivity contribution in [3.8, 4) is 0 Å². The molecule has 0 aliphatic carbocycles. The van der Waals surface area contributed by atoms with Gasteiger partial charge in [0.25, 0.3) is 0 Å².